The highest BCUT2D eigenvalue weighted by atomic mass is 32.2. The molecule has 7 heteroatoms. The molecule has 0 radical (unpaired) electrons. The molecule has 2 aromatic carbocycles. The van der Waals surface area contributed by atoms with E-state index in [0.29, 0.717) is 18.4 Å². The molecule has 1 aliphatic rings. The number of carbonyl (C=O) groups is 2. The molecule has 0 N–H and O–H groups in total. The quantitative estimate of drug-likeness (QED) is 0.693. The van der Waals surface area contributed by atoms with Crippen molar-refractivity contribution in [3.05, 3.63) is 48.0 Å². The summed E-state index contributed by atoms with van der Waals surface area (Å²) in [6, 6.07) is 12.4. The number of sulfone groups is 1. The molecule has 1 aliphatic heterocycles. The summed E-state index contributed by atoms with van der Waals surface area (Å²) in [4.78, 5) is 26.7. The van der Waals surface area contributed by atoms with Crippen LogP contribution in [0.25, 0.3) is 10.8 Å². The van der Waals surface area contributed by atoms with Crippen LogP contribution < -0.4 is 0 Å². The lowest BCUT2D eigenvalue weighted by atomic mass is 10.1. The van der Waals surface area contributed by atoms with Crippen molar-refractivity contribution in [3.8, 4) is 0 Å². The van der Waals surface area contributed by atoms with Crippen molar-refractivity contribution < 1.29 is 22.7 Å². The summed E-state index contributed by atoms with van der Waals surface area (Å²) in [5.74, 6) is -0.857. The van der Waals surface area contributed by atoms with Gasteiger partial charge >= 0.3 is 5.97 Å². The van der Waals surface area contributed by atoms with Gasteiger partial charge in [-0.1, -0.05) is 37.3 Å². The molecule has 0 saturated carbocycles. The maximum absolute atomic E-state index is 12.7. The van der Waals surface area contributed by atoms with Gasteiger partial charge in [-0.3, -0.25) is 4.79 Å². The Labute approximate surface area is 165 Å². The van der Waals surface area contributed by atoms with Crippen LogP contribution in [0.15, 0.2) is 42.5 Å². The van der Waals surface area contributed by atoms with Gasteiger partial charge in [0.2, 0.25) is 0 Å². The van der Waals surface area contributed by atoms with E-state index in [2.05, 4.69) is 0 Å². The first-order chi connectivity index (χ1) is 13.3. The average Bonchev–Trinajstić information content (AvgIpc) is 3.04. The van der Waals surface area contributed by atoms with Crippen LogP contribution in [0, 0.1) is 0 Å². The maximum atomic E-state index is 12.7. The van der Waals surface area contributed by atoms with Gasteiger partial charge in [-0.05, 0) is 42.7 Å². The minimum atomic E-state index is -3.11. The SMILES string of the molecule is CC[C@@H](C)N(C(=O)COC(=O)c1ccc2ccccc2c1)[C@H]1CCS(=O)(=O)C1. The molecule has 3 rings (SSSR count). The Morgan fingerprint density at radius 3 is 2.54 bits per heavy atom. The number of hydrogen-bond acceptors (Lipinski definition) is 5. The summed E-state index contributed by atoms with van der Waals surface area (Å²) in [5.41, 5.74) is 0.380. The minimum absolute atomic E-state index is 0.0261. The van der Waals surface area contributed by atoms with Crippen LogP contribution in [0.1, 0.15) is 37.0 Å². The molecule has 1 fully saturated rings. The number of esters is 1. The van der Waals surface area contributed by atoms with Crippen LogP contribution in [0.3, 0.4) is 0 Å². The summed E-state index contributed by atoms with van der Waals surface area (Å²) >= 11 is 0. The first kappa shape index (κ1) is 20.3. The largest absolute Gasteiger partial charge is 0.452 e. The van der Waals surface area contributed by atoms with Crippen molar-refractivity contribution in [1.82, 2.24) is 4.90 Å². The third-order valence-corrected chi connectivity index (χ3v) is 7.02. The van der Waals surface area contributed by atoms with E-state index in [0.717, 1.165) is 10.8 Å². The van der Waals surface area contributed by atoms with Crippen molar-refractivity contribution >= 4 is 32.5 Å². The minimum Gasteiger partial charge on any atom is -0.452 e. The molecular weight excluding hydrogens is 378 g/mol. The summed E-state index contributed by atoms with van der Waals surface area (Å²) < 4.78 is 28.9. The Balaban J connectivity index is 1.68. The molecule has 6 nitrogen and oxygen atoms in total. The van der Waals surface area contributed by atoms with E-state index in [9.17, 15) is 18.0 Å². The van der Waals surface area contributed by atoms with Crippen molar-refractivity contribution in [2.75, 3.05) is 18.1 Å². The van der Waals surface area contributed by atoms with Gasteiger partial charge in [-0.25, -0.2) is 13.2 Å². The Morgan fingerprint density at radius 2 is 1.89 bits per heavy atom. The number of benzene rings is 2. The molecule has 0 aliphatic carbocycles. The van der Waals surface area contributed by atoms with Crippen LogP contribution in [0.4, 0.5) is 0 Å². The summed E-state index contributed by atoms with van der Waals surface area (Å²) in [5, 5.41) is 1.93. The average molecular weight is 404 g/mol. The van der Waals surface area contributed by atoms with E-state index in [1.807, 2.05) is 44.2 Å². The van der Waals surface area contributed by atoms with E-state index >= 15 is 0 Å². The highest BCUT2D eigenvalue weighted by Crippen LogP contribution is 2.22. The molecule has 2 atom stereocenters. The molecule has 1 saturated heterocycles. The van der Waals surface area contributed by atoms with Gasteiger partial charge in [0, 0.05) is 12.1 Å². The fraction of sp³-hybridized carbons (Fsp3) is 0.429. The maximum Gasteiger partial charge on any atom is 0.338 e. The first-order valence-corrected chi connectivity index (χ1v) is 11.3. The Morgan fingerprint density at radius 1 is 1.18 bits per heavy atom. The molecule has 0 aromatic heterocycles. The molecule has 150 valence electrons. The monoisotopic (exact) mass is 403 g/mol. The van der Waals surface area contributed by atoms with E-state index in [4.69, 9.17) is 4.74 Å². The predicted molar refractivity (Wildman–Crippen MR) is 108 cm³/mol. The van der Waals surface area contributed by atoms with E-state index in [1.165, 1.54) is 0 Å². The van der Waals surface area contributed by atoms with Crippen LogP contribution in [0.2, 0.25) is 0 Å². The van der Waals surface area contributed by atoms with Gasteiger partial charge in [-0.15, -0.1) is 0 Å². The second-order valence-corrected chi connectivity index (χ2v) is 9.48. The zero-order chi connectivity index (χ0) is 20.3. The number of fused-ring (bicyclic) bond motifs is 1. The Kier molecular flexibility index (Phi) is 6.03. The van der Waals surface area contributed by atoms with Crippen LogP contribution in [-0.4, -0.2) is 55.4 Å². The Bertz CT molecular complexity index is 985. The van der Waals surface area contributed by atoms with Gasteiger partial charge in [0.05, 0.1) is 17.1 Å². The number of amides is 1. The van der Waals surface area contributed by atoms with E-state index in [1.54, 1.807) is 17.0 Å². The molecule has 1 heterocycles. The second kappa shape index (κ2) is 8.31. The molecule has 28 heavy (non-hydrogen) atoms. The highest BCUT2D eigenvalue weighted by Gasteiger charge is 2.36. The number of ether oxygens (including phenoxy) is 1. The third-order valence-electron chi connectivity index (χ3n) is 5.27. The third kappa shape index (κ3) is 4.52. The van der Waals surface area contributed by atoms with Crippen molar-refractivity contribution in [1.29, 1.82) is 0 Å². The zero-order valence-electron chi connectivity index (χ0n) is 16.1. The molecule has 2 aromatic rings. The van der Waals surface area contributed by atoms with Crippen molar-refractivity contribution in [2.24, 2.45) is 0 Å². The molecule has 0 unspecified atom stereocenters. The summed E-state index contributed by atoms with van der Waals surface area (Å²) in [6.45, 7) is 3.43. The lowest BCUT2D eigenvalue weighted by Gasteiger charge is -2.33. The van der Waals surface area contributed by atoms with Gasteiger partial charge < -0.3 is 9.64 Å². The second-order valence-electron chi connectivity index (χ2n) is 7.25. The van der Waals surface area contributed by atoms with E-state index in [-0.39, 0.29) is 29.5 Å². The van der Waals surface area contributed by atoms with Crippen LogP contribution >= 0.6 is 0 Å². The predicted octanol–water partition coefficient (Wildman–Crippen LogP) is 2.81. The standard InChI is InChI=1S/C21H25NO5S/c1-3-15(2)22(19-10-11-28(25,26)14-19)20(23)13-27-21(24)18-9-8-16-6-4-5-7-17(16)12-18/h4-9,12,15,19H,3,10-11,13-14H2,1-2H3/t15-,19+/m1/s1. The lowest BCUT2D eigenvalue weighted by Crippen LogP contribution is -2.48. The van der Waals surface area contributed by atoms with Crippen LogP contribution in [0.5, 0.6) is 0 Å². The molecular formula is C21H25NO5S. The lowest BCUT2D eigenvalue weighted by molar-refractivity contribution is -0.138. The summed E-state index contributed by atoms with van der Waals surface area (Å²) in [6.07, 6.45) is 1.12. The van der Waals surface area contributed by atoms with Gasteiger partial charge in [-0.2, -0.15) is 0 Å². The van der Waals surface area contributed by atoms with Crippen molar-refractivity contribution in [3.63, 3.8) is 0 Å². The number of rotatable bonds is 6. The van der Waals surface area contributed by atoms with Gasteiger partial charge in [0.1, 0.15) is 0 Å². The smallest absolute Gasteiger partial charge is 0.338 e. The molecule has 0 spiro atoms. The fourth-order valence-electron chi connectivity index (χ4n) is 3.60. The molecule has 0 bridgehead atoms. The van der Waals surface area contributed by atoms with Gasteiger partial charge in [0.25, 0.3) is 5.91 Å². The first-order valence-electron chi connectivity index (χ1n) is 9.48. The zero-order valence-corrected chi connectivity index (χ0v) is 16.9. The highest BCUT2D eigenvalue weighted by molar-refractivity contribution is 7.91. The summed E-state index contributed by atoms with van der Waals surface area (Å²) in [7, 11) is -3.11. The topological polar surface area (TPSA) is 80.8 Å². The number of hydrogen-bond donors (Lipinski definition) is 0. The van der Waals surface area contributed by atoms with Crippen LogP contribution in [-0.2, 0) is 19.4 Å². The fourth-order valence-corrected chi connectivity index (χ4v) is 5.31. The number of nitrogens with zero attached hydrogens (tertiary/aromatic N) is 1. The normalized spacial score (nSPS) is 19.3. The van der Waals surface area contributed by atoms with Gasteiger partial charge in [0.15, 0.2) is 16.4 Å². The number of carbonyl (C=O) groups excluding carboxylic acids is 2. The van der Waals surface area contributed by atoms with E-state index < -0.39 is 22.4 Å². The van der Waals surface area contributed by atoms with Crippen molar-refractivity contribution in [2.45, 2.75) is 38.8 Å². The molecule has 1 amide bonds. The Hall–Kier alpha value is -2.41.